The van der Waals surface area contributed by atoms with E-state index in [0.717, 1.165) is 5.56 Å². The van der Waals surface area contributed by atoms with Gasteiger partial charge >= 0.3 is 0 Å². The number of Topliss-reactive ketones (excluding diaryl/α,β-unsaturated/α-hetero) is 1. The molecule has 3 aromatic rings. The molecule has 0 saturated carbocycles. The molecule has 0 aliphatic carbocycles. The van der Waals surface area contributed by atoms with E-state index < -0.39 is 17.7 Å². The molecule has 0 bridgehead atoms. The molecule has 0 spiro atoms. The number of amides is 1. The maximum Gasteiger partial charge on any atom is 0.300 e. The molecule has 2 heterocycles. The summed E-state index contributed by atoms with van der Waals surface area (Å²) in [5, 5.41) is 11.5. The number of aliphatic hydroxyl groups excluding tert-OH is 1. The number of hydrogen-bond donors (Lipinski definition) is 1. The second-order valence-corrected chi connectivity index (χ2v) is 8.48. The fraction of sp³-hybridized carbons (Fsp3) is 0.214. The lowest BCUT2D eigenvalue weighted by Gasteiger charge is -2.27. The van der Waals surface area contributed by atoms with Gasteiger partial charge in [0.15, 0.2) is 23.0 Å². The van der Waals surface area contributed by atoms with Gasteiger partial charge in [0.1, 0.15) is 5.76 Å². The summed E-state index contributed by atoms with van der Waals surface area (Å²) >= 11 is 0. The molecule has 9 nitrogen and oxygen atoms in total. The first-order chi connectivity index (χ1) is 17.9. The molecule has 0 aromatic heterocycles. The van der Waals surface area contributed by atoms with Crippen LogP contribution < -0.4 is 28.6 Å². The van der Waals surface area contributed by atoms with Crippen LogP contribution in [0.1, 0.15) is 22.7 Å². The van der Waals surface area contributed by atoms with Crippen LogP contribution in [0, 0.1) is 6.92 Å². The molecule has 5 rings (SSSR count). The largest absolute Gasteiger partial charge is 0.507 e. The molecule has 1 unspecified atom stereocenters. The molecular weight excluding hydrogens is 478 g/mol. The van der Waals surface area contributed by atoms with E-state index in [2.05, 4.69) is 0 Å². The first-order valence-electron chi connectivity index (χ1n) is 11.5. The normalized spacial score (nSPS) is 17.7. The first-order valence-corrected chi connectivity index (χ1v) is 11.5. The van der Waals surface area contributed by atoms with Crippen LogP contribution in [0.15, 0.2) is 60.2 Å². The van der Waals surface area contributed by atoms with Gasteiger partial charge in [-0.05, 0) is 54.4 Å². The number of fused-ring (bicyclic) bond motifs is 1. The van der Waals surface area contributed by atoms with Crippen LogP contribution in [0.5, 0.6) is 28.7 Å². The van der Waals surface area contributed by atoms with Gasteiger partial charge in [-0.25, -0.2) is 0 Å². The molecule has 1 saturated heterocycles. The molecule has 9 heteroatoms. The summed E-state index contributed by atoms with van der Waals surface area (Å²) < 4.78 is 27.3. The molecule has 2 aliphatic heterocycles. The van der Waals surface area contributed by atoms with Crippen molar-refractivity contribution in [2.75, 3.05) is 33.0 Å². The van der Waals surface area contributed by atoms with Crippen LogP contribution in [0.3, 0.4) is 0 Å². The third-order valence-corrected chi connectivity index (χ3v) is 6.47. The van der Waals surface area contributed by atoms with Crippen molar-refractivity contribution in [3.05, 3.63) is 76.9 Å². The SMILES string of the molecule is COc1cc(C2/C(=C(\O)c3ccc4c(c3)OCO4)C(=O)C(=O)N2c2ccccc2C)cc(OC)c1OC. The number of aliphatic hydroxyl groups is 1. The summed E-state index contributed by atoms with van der Waals surface area (Å²) in [7, 11) is 4.44. The Labute approximate surface area is 213 Å². The van der Waals surface area contributed by atoms with Crippen molar-refractivity contribution in [2.24, 2.45) is 0 Å². The number of para-hydroxylation sites is 1. The Morgan fingerprint density at radius 1 is 0.919 bits per heavy atom. The minimum Gasteiger partial charge on any atom is -0.507 e. The van der Waals surface area contributed by atoms with Gasteiger partial charge in [-0.15, -0.1) is 0 Å². The number of carbonyl (C=O) groups is 2. The number of anilines is 1. The average Bonchev–Trinajstić information content (AvgIpc) is 3.49. The second kappa shape index (κ2) is 9.42. The molecule has 3 aromatic carbocycles. The summed E-state index contributed by atoms with van der Waals surface area (Å²) in [6.07, 6.45) is 0. The highest BCUT2D eigenvalue weighted by molar-refractivity contribution is 6.51. The molecular formula is C28H25NO8. The minimum absolute atomic E-state index is 0.0582. The Kier molecular flexibility index (Phi) is 6.12. The van der Waals surface area contributed by atoms with Crippen molar-refractivity contribution in [3.8, 4) is 28.7 Å². The van der Waals surface area contributed by atoms with E-state index in [1.54, 1.807) is 42.5 Å². The molecule has 1 N–H and O–H groups in total. The number of aryl methyl sites for hydroxylation is 1. The Morgan fingerprint density at radius 3 is 2.24 bits per heavy atom. The number of rotatable bonds is 6. The number of benzene rings is 3. The number of hydrogen-bond acceptors (Lipinski definition) is 8. The lowest BCUT2D eigenvalue weighted by Crippen LogP contribution is -2.30. The van der Waals surface area contributed by atoms with Gasteiger partial charge in [-0.1, -0.05) is 18.2 Å². The smallest absolute Gasteiger partial charge is 0.300 e. The van der Waals surface area contributed by atoms with Gasteiger partial charge in [0.2, 0.25) is 12.5 Å². The van der Waals surface area contributed by atoms with Crippen LogP contribution in [0.2, 0.25) is 0 Å². The third-order valence-electron chi connectivity index (χ3n) is 6.47. The van der Waals surface area contributed by atoms with Crippen LogP contribution in [-0.2, 0) is 9.59 Å². The Morgan fingerprint density at radius 2 is 1.59 bits per heavy atom. The Balaban J connectivity index is 1.77. The molecule has 1 atom stereocenters. The van der Waals surface area contributed by atoms with Crippen molar-refractivity contribution < 1.29 is 38.4 Å². The summed E-state index contributed by atoms with van der Waals surface area (Å²) in [6, 6.07) is 14.4. The molecule has 37 heavy (non-hydrogen) atoms. The lowest BCUT2D eigenvalue weighted by atomic mass is 9.94. The topological polar surface area (TPSA) is 104 Å². The van der Waals surface area contributed by atoms with Gasteiger partial charge in [-0.3, -0.25) is 14.5 Å². The zero-order chi connectivity index (χ0) is 26.3. The highest BCUT2D eigenvalue weighted by Gasteiger charge is 2.48. The van der Waals surface area contributed by atoms with Crippen LogP contribution >= 0.6 is 0 Å². The van der Waals surface area contributed by atoms with Crippen LogP contribution in [0.25, 0.3) is 5.76 Å². The number of ether oxygens (including phenoxy) is 5. The average molecular weight is 504 g/mol. The maximum absolute atomic E-state index is 13.5. The third kappa shape index (κ3) is 3.88. The highest BCUT2D eigenvalue weighted by Crippen LogP contribution is 2.48. The predicted molar refractivity (Wildman–Crippen MR) is 135 cm³/mol. The number of methoxy groups -OCH3 is 3. The fourth-order valence-electron chi connectivity index (χ4n) is 4.69. The van der Waals surface area contributed by atoms with E-state index in [1.165, 1.54) is 26.2 Å². The maximum atomic E-state index is 13.5. The Bertz CT molecular complexity index is 1420. The standard InChI is InChI=1S/C28H25NO8/c1-15-7-5-6-8-18(15)29-24(17-12-21(33-2)27(35-4)22(13-17)34-3)23(26(31)28(29)32)25(30)16-9-10-19-20(11-16)37-14-36-19/h5-13,24,30H,14H2,1-4H3/b25-23+. The Hall–Kier alpha value is -4.66. The zero-order valence-corrected chi connectivity index (χ0v) is 20.7. The fourth-order valence-corrected chi connectivity index (χ4v) is 4.69. The number of nitrogens with zero attached hydrogens (tertiary/aromatic N) is 1. The van der Waals surface area contributed by atoms with E-state index in [0.29, 0.717) is 45.6 Å². The highest BCUT2D eigenvalue weighted by atomic mass is 16.7. The van der Waals surface area contributed by atoms with E-state index in [1.807, 2.05) is 19.1 Å². The van der Waals surface area contributed by atoms with E-state index in [9.17, 15) is 14.7 Å². The van der Waals surface area contributed by atoms with E-state index in [-0.39, 0.29) is 18.1 Å². The zero-order valence-electron chi connectivity index (χ0n) is 20.7. The van der Waals surface area contributed by atoms with Crippen molar-refractivity contribution in [2.45, 2.75) is 13.0 Å². The number of ketones is 1. The first kappa shape index (κ1) is 24.1. The van der Waals surface area contributed by atoms with Crippen LogP contribution in [-0.4, -0.2) is 44.9 Å². The van der Waals surface area contributed by atoms with Crippen molar-refractivity contribution >= 4 is 23.1 Å². The van der Waals surface area contributed by atoms with Gasteiger partial charge in [-0.2, -0.15) is 0 Å². The lowest BCUT2D eigenvalue weighted by molar-refractivity contribution is -0.132. The molecule has 1 amide bonds. The summed E-state index contributed by atoms with van der Waals surface area (Å²) in [5.74, 6) is 0.0709. The quantitative estimate of drug-likeness (QED) is 0.300. The summed E-state index contributed by atoms with van der Waals surface area (Å²) in [4.78, 5) is 28.4. The van der Waals surface area contributed by atoms with Gasteiger partial charge in [0.05, 0.1) is 32.9 Å². The molecule has 2 aliphatic rings. The monoisotopic (exact) mass is 503 g/mol. The molecule has 0 radical (unpaired) electrons. The van der Waals surface area contributed by atoms with Crippen molar-refractivity contribution in [1.82, 2.24) is 0 Å². The predicted octanol–water partition coefficient (Wildman–Crippen LogP) is 4.38. The summed E-state index contributed by atoms with van der Waals surface area (Å²) in [6.45, 7) is 1.90. The minimum atomic E-state index is -0.986. The second-order valence-electron chi connectivity index (χ2n) is 8.48. The molecule has 1 fully saturated rings. The molecule has 190 valence electrons. The van der Waals surface area contributed by atoms with Gasteiger partial charge in [0.25, 0.3) is 11.7 Å². The summed E-state index contributed by atoms with van der Waals surface area (Å²) in [5.41, 5.74) is 2.03. The van der Waals surface area contributed by atoms with Crippen molar-refractivity contribution in [1.29, 1.82) is 0 Å². The van der Waals surface area contributed by atoms with Crippen LogP contribution in [0.4, 0.5) is 5.69 Å². The van der Waals surface area contributed by atoms with Crippen molar-refractivity contribution in [3.63, 3.8) is 0 Å². The number of carbonyl (C=O) groups excluding carboxylic acids is 2. The van der Waals surface area contributed by atoms with E-state index in [4.69, 9.17) is 23.7 Å². The van der Waals surface area contributed by atoms with Gasteiger partial charge < -0.3 is 28.8 Å². The van der Waals surface area contributed by atoms with Gasteiger partial charge in [0, 0.05) is 11.3 Å². The van der Waals surface area contributed by atoms with E-state index >= 15 is 0 Å².